The summed E-state index contributed by atoms with van der Waals surface area (Å²) in [6.45, 7) is 4.96. The van der Waals surface area contributed by atoms with Crippen molar-refractivity contribution in [2.24, 2.45) is 0 Å². The lowest BCUT2D eigenvalue weighted by Gasteiger charge is -2.36. The van der Waals surface area contributed by atoms with Crippen LogP contribution in [0.5, 0.6) is 5.75 Å². The van der Waals surface area contributed by atoms with Gasteiger partial charge in [-0.2, -0.15) is 0 Å². The number of halogens is 2. The van der Waals surface area contributed by atoms with Crippen LogP contribution in [0.25, 0.3) is 0 Å². The van der Waals surface area contributed by atoms with Gasteiger partial charge in [-0.25, -0.2) is 4.39 Å². The van der Waals surface area contributed by atoms with E-state index in [9.17, 15) is 9.18 Å². The Labute approximate surface area is 164 Å². The van der Waals surface area contributed by atoms with Crippen LogP contribution in [0.3, 0.4) is 0 Å². The molecule has 0 aliphatic carbocycles. The first kappa shape index (κ1) is 19.5. The minimum atomic E-state index is -0.216. The molecule has 0 saturated carbocycles. The van der Waals surface area contributed by atoms with Crippen molar-refractivity contribution in [3.8, 4) is 5.75 Å². The number of carbonyl (C=O) groups is 1. The first-order valence-corrected chi connectivity index (χ1v) is 9.58. The Balaban J connectivity index is 1.40. The summed E-state index contributed by atoms with van der Waals surface area (Å²) in [7, 11) is 0. The number of hydrogen-bond donors (Lipinski definition) is 0. The van der Waals surface area contributed by atoms with Gasteiger partial charge in [-0.3, -0.25) is 4.79 Å². The van der Waals surface area contributed by atoms with Crippen molar-refractivity contribution >= 4 is 23.2 Å². The summed E-state index contributed by atoms with van der Waals surface area (Å²) in [5, 5.41) is 0.685. The Morgan fingerprint density at radius 3 is 2.59 bits per heavy atom. The predicted molar refractivity (Wildman–Crippen MR) is 106 cm³/mol. The van der Waals surface area contributed by atoms with Gasteiger partial charge in [0.2, 0.25) is 5.91 Å². The van der Waals surface area contributed by atoms with Gasteiger partial charge in [0.05, 0.1) is 12.3 Å². The molecule has 2 aromatic rings. The van der Waals surface area contributed by atoms with E-state index < -0.39 is 0 Å². The van der Waals surface area contributed by atoms with Crippen LogP contribution in [-0.2, 0) is 4.79 Å². The van der Waals surface area contributed by atoms with Crippen LogP contribution in [-0.4, -0.2) is 43.6 Å². The molecule has 1 aliphatic rings. The lowest BCUT2D eigenvalue weighted by molar-refractivity contribution is -0.131. The molecule has 1 amide bonds. The Kier molecular flexibility index (Phi) is 6.56. The van der Waals surface area contributed by atoms with Crippen molar-refractivity contribution in [1.82, 2.24) is 4.90 Å². The third-order valence-corrected chi connectivity index (χ3v) is 4.99. The van der Waals surface area contributed by atoms with E-state index in [0.717, 1.165) is 11.3 Å². The van der Waals surface area contributed by atoms with Crippen molar-refractivity contribution in [3.63, 3.8) is 0 Å². The number of nitrogens with zero attached hydrogens (tertiary/aromatic N) is 2. The molecule has 0 radical (unpaired) electrons. The summed E-state index contributed by atoms with van der Waals surface area (Å²) in [4.78, 5) is 16.2. The van der Waals surface area contributed by atoms with Crippen LogP contribution < -0.4 is 9.64 Å². The highest BCUT2D eigenvalue weighted by Gasteiger charge is 2.22. The molecule has 0 bridgehead atoms. The fraction of sp³-hybridized carbons (Fsp3) is 0.381. The van der Waals surface area contributed by atoms with Crippen LogP contribution in [0.4, 0.5) is 10.1 Å². The summed E-state index contributed by atoms with van der Waals surface area (Å²) >= 11 is 5.93. The van der Waals surface area contributed by atoms with Crippen molar-refractivity contribution in [3.05, 3.63) is 58.9 Å². The standard InChI is InChI=1S/C21H24ClFN2O2/c1-16-15-17(22)8-9-20(16)27-14-4-7-21(26)25-12-10-24(11-13-25)19-6-3-2-5-18(19)23/h2-3,5-6,8-9,15H,4,7,10-14H2,1H3. The largest absolute Gasteiger partial charge is 0.493 e. The quantitative estimate of drug-likeness (QED) is 0.689. The summed E-state index contributed by atoms with van der Waals surface area (Å²) in [5.41, 5.74) is 1.59. The number of rotatable bonds is 6. The lowest BCUT2D eigenvalue weighted by Crippen LogP contribution is -2.49. The molecule has 0 N–H and O–H groups in total. The lowest BCUT2D eigenvalue weighted by atomic mass is 10.2. The maximum absolute atomic E-state index is 13.9. The monoisotopic (exact) mass is 390 g/mol. The predicted octanol–water partition coefficient (Wildman–Crippen LogP) is 4.30. The number of carbonyl (C=O) groups excluding carboxylic acids is 1. The number of anilines is 1. The first-order valence-electron chi connectivity index (χ1n) is 9.21. The Bertz CT molecular complexity index is 792. The van der Waals surface area contributed by atoms with Gasteiger partial charge in [-0.05, 0) is 49.2 Å². The van der Waals surface area contributed by atoms with Crippen LogP contribution in [0.1, 0.15) is 18.4 Å². The number of aryl methyl sites for hydroxylation is 1. The molecule has 4 nitrogen and oxygen atoms in total. The molecule has 2 aromatic carbocycles. The Morgan fingerprint density at radius 2 is 1.89 bits per heavy atom. The van der Waals surface area contributed by atoms with E-state index in [1.54, 1.807) is 18.2 Å². The van der Waals surface area contributed by atoms with Crippen molar-refractivity contribution in [2.75, 3.05) is 37.7 Å². The topological polar surface area (TPSA) is 32.8 Å². The summed E-state index contributed by atoms with van der Waals surface area (Å²) in [6.07, 6.45) is 1.11. The van der Waals surface area contributed by atoms with Gasteiger partial charge < -0.3 is 14.5 Å². The Hall–Kier alpha value is -2.27. The number of piperazine rings is 1. The van der Waals surface area contributed by atoms with Crippen molar-refractivity contribution < 1.29 is 13.9 Å². The van der Waals surface area contributed by atoms with Crippen LogP contribution in [0.2, 0.25) is 5.02 Å². The Morgan fingerprint density at radius 1 is 1.15 bits per heavy atom. The second-order valence-corrected chi connectivity index (χ2v) is 7.12. The third-order valence-electron chi connectivity index (χ3n) is 4.76. The molecule has 0 unspecified atom stereocenters. The molecule has 0 spiro atoms. The summed E-state index contributed by atoms with van der Waals surface area (Å²) in [5.74, 6) is 0.705. The summed E-state index contributed by atoms with van der Waals surface area (Å²) < 4.78 is 19.6. The van der Waals surface area contributed by atoms with E-state index >= 15 is 0 Å². The number of amides is 1. The molecule has 0 atom stereocenters. The van der Waals surface area contributed by atoms with Gasteiger partial charge in [0.25, 0.3) is 0 Å². The van der Waals surface area contributed by atoms with Gasteiger partial charge in [0.1, 0.15) is 11.6 Å². The normalized spacial score (nSPS) is 14.3. The van der Waals surface area contributed by atoms with E-state index in [-0.39, 0.29) is 11.7 Å². The maximum atomic E-state index is 13.9. The zero-order chi connectivity index (χ0) is 19.2. The molecular formula is C21H24ClFN2O2. The van der Waals surface area contributed by atoms with Crippen molar-refractivity contribution in [1.29, 1.82) is 0 Å². The number of ether oxygens (including phenoxy) is 1. The van der Waals surface area contributed by atoms with Crippen LogP contribution in [0, 0.1) is 12.7 Å². The van der Waals surface area contributed by atoms with E-state index in [1.165, 1.54) is 6.07 Å². The fourth-order valence-corrected chi connectivity index (χ4v) is 3.47. The van der Waals surface area contributed by atoms with Crippen LogP contribution >= 0.6 is 11.6 Å². The van der Waals surface area contributed by atoms with E-state index in [4.69, 9.17) is 16.3 Å². The van der Waals surface area contributed by atoms with E-state index in [2.05, 4.69) is 0 Å². The molecule has 1 aliphatic heterocycles. The molecule has 0 aromatic heterocycles. The second-order valence-electron chi connectivity index (χ2n) is 6.68. The SMILES string of the molecule is Cc1cc(Cl)ccc1OCCCC(=O)N1CCN(c2ccccc2F)CC1. The fourth-order valence-electron chi connectivity index (χ4n) is 3.24. The molecular weight excluding hydrogens is 367 g/mol. The minimum Gasteiger partial charge on any atom is -0.493 e. The average Bonchev–Trinajstić information content (AvgIpc) is 2.67. The molecule has 1 fully saturated rings. The second kappa shape index (κ2) is 9.09. The number of para-hydroxylation sites is 1. The highest BCUT2D eigenvalue weighted by molar-refractivity contribution is 6.30. The zero-order valence-electron chi connectivity index (χ0n) is 15.5. The molecule has 144 valence electrons. The van der Waals surface area contributed by atoms with Gasteiger partial charge in [-0.1, -0.05) is 23.7 Å². The summed E-state index contributed by atoms with van der Waals surface area (Å²) in [6, 6.07) is 12.3. The number of hydrogen-bond acceptors (Lipinski definition) is 3. The highest BCUT2D eigenvalue weighted by atomic mass is 35.5. The van der Waals surface area contributed by atoms with Crippen molar-refractivity contribution in [2.45, 2.75) is 19.8 Å². The molecule has 1 saturated heterocycles. The van der Waals surface area contributed by atoms with Gasteiger partial charge in [-0.15, -0.1) is 0 Å². The minimum absolute atomic E-state index is 0.125. The first-order chi connectivity index (χ1) is 13.0. The van der Waals surface area contributed by atoms with Crippen LogP contribution in [0.15, 0.2) is 42.5 Å². The van der Waals surface area contributed by atoms with Gasteiger partial charge in [0, 0.05) is 37.6 Å². The zero-order valence-corrected chi connectivity index (χ0v) is 16.2. The molecule has 3 rings (SSSR count). The van der Waals surface area contributed by atoms with E-state index in [0.29, 0.717) is 56.3 Å². The molecule has 6 heteroatoms. The smallest absolute Gasteiger partial charge is 0.222 e. The molecule has 1 heterocycles. The third kappa shape index (κ3) is 5.13. The van der Waals surface area contributed by atoms with Gasteiger partial charge >= 0.3 is 0 Å². The van der Waals surface area contributed by atoms with Gasteiger partial charge in [0.15, 0.2) is 0 Å². The number of benzene rings is 2. The maximum Gasteiger partial charge on any atom is 0.222 e. The molecule has 27 heavy (non-hydrogen) atoms. The average molecular weight is 391 g/mol. The highest BCUT2D eigenvalue weighted by Crippen LogP contribution is 2.22. The van der Waals surface area contributed by atoms with E-state index in [1.807, 2.05) is 34.9 Å².